The maximum absolute atomic E-state index is 13.1. The van der Waals surface area contributed by atoms with E-state index in [1.807, 2.05) is 53.2 Å². The van der Waals surface area contributed by atoms with Crippen molar-refractivity contribution in [1.29, 1.82) is 0 Å². The van der Waals surface area contributed by atoms with Gasteiger partial charge in [0.2, 0.25) is 0 Å². The van der Waals surface area contributed by atoms with Crippen molar-refractivity contribution in [2.45, 2.75) is 25.4 Å². The number of aromatic amines is 1. The average molecular weight is 509 g/mol. The quantitative estimate of drug-likeness (QED) is 0.313. The van der Waals surface area contributed by atoms with Crippen molar-refractivity contribution in [3.05, 3.63) is 83.0 Å². The summed E-state index contributed by atoms with van der Waals surface area (Å²) in [4.78, 5) is 22.4. The Balaban J connectivity index is 1.37. The fourth-order valence-corrected chi connectivity index (χ4v) is 4.87. The standard InChI is InChI=1S/C27H29ClN4O4/c1-34-15-16-36-27(33)32-12-9-22-23-17-20(28)5-8-24(23)30-25(22)26(32)19-3-6-21(7-4-19)35-14-2-11-31-13-10-29-18-31/h3-8,10,13,17-18,26,30H,2,9,11-12,14-16H2,1H3. The number of nitrogens with one attached hydrogen (secondary N) is 1. The summed E-state index contributed by atoms with van der Waals surface area (Å²) in [5.41, 5.74) is 4.14. The molecule has 1 N–H and O–H groups in total. The lowest BCUT2D eigenvalue weighted by Gasteiger charge is -2.35. The third kappa shape index (κ3) is 5.20. The molecule has 0 bridgehead atoms. The summed E-state index contributed by atoms with van der Waals surface area (Å²) >= 11 is 6.29. The highest BCUT2D eigenvalue weighted by Crippen LogP contribution is 2.39. The highest BCUT2D eigenvalue weighted by molar-refractivity contribution is 6.31. The zero-order valence-corrected chi connectivity index (χ0v) is 20.9. The Bertz CT molecular complexity index is 1300. The maximum Gasteiger partial charge on any atom is 0.410 e. The molecule has 0 radical (unpaired) electrons. The molecule has 0 saturated heterocycles. The van der Waals surface area contributed by atoms with Gasteiger partial charge in [-0.05, 0) is 54.3 Å². The van der Waals surface area contributed by atoms with Crippen LogP contribution in [0.3, 0.4) is 0 Å². The van der Waals surface area contributed by atoms with Crippen LogP contribution in [-0.4, -0.2) is 59.0 Å². The predicted octanol–water partition coefficient (Wildman–Crippen LogP) is 5.22. The predicted molar refractivity (Wildman–Crippen MR) is 138 cm³/mol. The molecule has 5 rings (SSSR count). The molecule has 0 spiro atoms. The van der Waals surface area contributed by atoms with Crippen LogP contribution in [0.1, 0.15) is 29.3 Å². The van der Waals surface area contributed by atoms with Gasteiger partial charge in [0.05, 0.1) is 19.5 Å². The third-order valence-corrected chi connectivity index (χ3v) is 6.66. The zero-order chi connectivity index (χ0) is 24.9. The van der Waals surface area contributed by atoms with E-state index in [0.717, 1.165) is 40.9 Å². The second-order valence-electron chi connectivity index (χ2n) is 8.73. The molecule has 1 aliphatic rings. The Morgan fingerprint density at radius 1 is 1.17 bits per heavy atom. The molecule has 1 amide bonds. The van der Waals surface area contributed by atoms with Gasteiger partial charge in [-0.3, -0.25) is 4.90 Å². The number of imidazole rings is 1. The first-order chi connectivity index (χ1) is 17.6. The highest BCUT2D eigenvalue weighted by atomic mass is 35.5. The van der Waals surface area contributed by atoms with Crippen LogP contribution < -0.4 is 4.74 Å². The van der Waals surface area contributed by atoms with E-state index in [-0.39, 0.29) is 18.7 Å². The van der Waals surface area contributed by atoms with Gasteiger partial charge in [0, 0.05) is 54.2 Å². The van der Waals surface area contributed by atoms with Crippen LogP contribution in [0.15, 0.2) is 61.2 Å². The van der Waals surface area contributed by atoms with E-state index in [4.69, 9.17) is 25.8 Å². The number of nitrogens with zero attached hydrogens (tertiary/aromatic N) is 3. The van der Waals surface area contributed by atoms with Crippen molar-refractivity contribution in [3.63, 3.8) is 0 Å². The van der Waals surface area contributed by atoms with E-state index in [9.17, 15) is 4.79 Å². The van der Waals surface area contributed by atoms with Gasteiger partial charge >= 0.3 is 6.09 Å². The van der Waals surface area contributed by atoms with E-state index in [2.05, 4.69) is 9.97 Å². The molecule has 0 aliphatic carbocycles. The number of carbonyl (C=O) groups is 1. The van der Waals surface area contributed by atoms with Gasteiger partial charge in [0.15, 0.2) is 0 Å². The molecule has 0 saturated carbocycles. The van der Waals surface area contributed by atoms with Crippen LogP contribution in [0.25, 0.3) is 10.9 Å². The topological polar surface area (TPSA) is 81.6 Å². The number of halogens is 1. The van der Waals surface area contributed by atoms with Crippen molar-refractivity contribution >= 4 is 28.6 Å². The molecule has 2 aromatic heterocycles. The van der Waals surface area contributed by atoms with Crippen LogP contribution in [0.4, 0.5) is 4.79 Å². The molecular weight excluding hydrogens is 480 g/mol. The van der Waals surface area contributed by atoms with Crippen LogP contribution in [0, 0.1) is 0 Å². The lowest BCUT2D eigenvalue weighted by Crippen LogP contribution is -2.41. The van der Waals surface area contributed by atoms with E-state index in [1.165, 1.54) is 5.56 Å². The van der Waals surface area contributed by atoms with E-state index < -0.39 is 0 Å². The summed E-state index contributed by atoms with van der Waals surface area (Å²) in [5, 5.41) is 1.78. The molecule has 2 aromatic carbocycles. The molecule has 9 heteroatoms. The number of H-pyrrole nitrogens is 1. The van der Waals surface area contributed by atoms with Gasteiger partial charge < -0.3 is 23.8 Å². The minimum Gasteiger partial charge on any atom is -0.494 e. The first-order valence-electron chi connectivity index (χ1n) is 12.0. The Morgan fingerprint density at radius 3 is 2.81 bits per heavy atom. The van der Waals surface area contributed by atoms with E-state index in [1.54, 1.807) is 24.5 Å². The molecule has 1 atom stereocenters. The Labute approximate surface area is 214 Å². The van der Waals surface area contributed by atoms with E-state index >= 15 is 0 Å². The fraction of sp³-hybridized carbons (Fsp3) is 0.333. The van der Waals surface area contributed by atoms with Crippen molar-refractivity contribution in [2.75, 3.05) is 33.5 Å². The molecular formula is C27H29ClN4O4. The normalized spacial score (nSPS) is 15.2. The number of carbonyl (C=O) groups excluding carboxylic acids is 1. The summed E-state index contributed by atoms with van der Waals surface area (Å²) in [6.07, 6.45) is 6.74. The third-order valence-electron chi connectivity index (χ3n) is 6.42. The molecule has 3 heterocycles. The molecule has 188 valence electrons. The summed E-state index contributed by atoms with van der Waals surface area (Å²) < 4.78 is 18.5. The van der Waals surface area contributed by atoms with Gasteiger partial charge in [0.1, 0.15) is 18.4 Å². The number of rotatable bonds is 9. The van der Waals surface area contributed by atoms with Crippen molar-refractivity contribution in [3.8, 4) is 5.75 Å². The number of methoxy groups -OCH3 is 1. The lowest BCUT2D eigenvalue weighted by molar-refractivity contribution is 0.0629. The Hall–Kier alpha value is -3.49. The van der Waals surface area contributed by atoms with Gasteiger partial charge in [0.25, 0.3) is 0 Å². The van der Waals surface area contributed by atoms with Gasteiger partial charge in [-0.25, -0.2) is 9.78 Å². The summed E-state index contributed by atoms with van der Waals surface area (Å²) in [7, 11) is 1.58. The van der Waals surface area contributed by atoms with Gasteiger partial charge in [-0.15, -0.1) is 0 Å². The van der Waals surface area contributed by atoms with Gasteiger partial charge in [-0.1, -0.05) is 23.7 Å². The number of hydrogen-bond acceptors (Lipinski definition) is 5. The minimum atomic E-state index is -0.362. The Kier molecular flexibility index (Phi) is 7.44. The van der Waals surface area contributed by atoms with Crippen LogP contribution >= 0.6 is 11.6 Å². The largest absolute Gasteiger partial charge is 0.494 e. The first kappa shape index (κ1) is 24.2. The van der Waals surface area contributed by atoms with Crippen molar-refractivity contribution in [1.82, 2.24) is 19.4 Å². The molecule has 1 aliphatic heterocycles. The number of hydrogen-bond donors (Lipinski definition) is 1. The molecule has 4 aromatic rings. The van der Waals surface area contributed by atoms with Crippen LogP contribution in [0.2, 0.25) is 5.02 Å². The lowest BCUT2D eigenvalue weighted by atomic mass is 9.92. The number of benzene rings is 2. The first-order valence-corrected chi connectivity index (χ1v) is 12.4. The fourth-order valence-electron chi connectivity index (χ4n) is 4.70. The number of aryl methyl sites for hydroxylation is 1. The smallest absolute Gasteiger partial charge is 0.410 e. The average Bonchev–Trinajstić information content (AvgIpc) is 3.54. The summed E-state index contributed by atoms with van der Waals surface area (Å²) in [6, 6.07) is 13.5. The number of ether oxygens (including phenoxy) is 3. The summed E-state index contributed by atoms with van der Waals surface area (Å²) in [5.74, 6) is 0.790. The minimum absolute atomic E-state index is 0.208. The Morgan fingerprint density at radius 2 is 2.03 bits per heavy atom. The molecule has 36 heavy (non-hydrogen) atoms. The second-order valence-corrected chi connectivity index (χ2v) is 9.17. The highest BCUT2D eigenvalue weighted by Gasteiger charge is 2.35. The molecule has 0 fully saturated rings. The number of fused-ring (bicyclic) bond motifs is 3. The monoisotopic (exact) mass is 508 g/mol. The summed E-state index contributed by atoms with van der Waals surface area (Å²) in [6.45, 7) is 2.56. The van der Waals surface area contributed by atoms with E-state index in [0.29, 0.717) is 31.2 Å². The van der Waals surface area contributed by atoms with Crippen LogP contribution in [0.5, 0.6) is 5.75 Å². The van der Waals surface area contributed by atoms with Crippen molar-refractivity contribution in [2.24, 2.45) is 0 Å². The van der Waals surface area contributed by atoms with Gasteiger partial charge in [-0.2, -0.15) is 0 Å². The SMILES string of the molecule is COCCOC(=O)N1CCc2c([nH]c3ccc(Cl)cc23)C1c1ccc(OCCCn2ccnc2)cc1. The molecule has 8 nitrogen and oxygen atoms in total. The zero-order valence-electron chi connectivity index (χ0n) is 20.2. The maximum atomic E-state index is 13.1. The molecule has 1 unspecified atom stereocenters. The van der Waals surface area contributed by atoms with Crippen molar-refractivity contribution < 1.29 is 19.0 Å². The number of aromatic nitrogens is 3. The van der Waals surface area contributed by atoms with Crippen LogP contribution in [-0.2, 0) is 22.4 Å². The second kappa shape index (κ2) is 11.1. The number of amides is 1.